The quantitative estimate of drug-likeness (QED) is 0.577. The third-order valence-electron chi connectivity index (χ3n) is 5.97. The zero-order chi connectivity index (χ0) is 23.0. The topological polar surface area (TPSA) is 116 Å². The summed E-state index contributed by atoms with van der Waals surface area (Å²) in [7, 11) is 3.89. The van der Waals surface area contributed by atoms with Crippen LogP contribution in [0.3, 0.4) is 0 Å². The fourth-order valence-electron chi connectivity index (χ4n) is 4.40. The fraction of sp³-hybridized carbons (Fsp3) is 0.250. The van der Waals surface area contributed by atoms with Gasteiger partial charge in [-0.05, 0) is 42.7 Å². The molecule has 2 aliphatic rings. The lowest BCUT2D eigenvalue weighted by atomic mass is 9.75. The van der Waals surface area contributed by atoms with Gasteiger partial charge in [-0.3, -0.25) is 19.8 Å². The molecule has 0 saturated heterocycles. The van der Waals surface area contributed by atoms with Crippen molar-refractivity contribution < 1.29 is 9.72 Å². The van der Waals surface area contributed by atoms with Crippen LogP contribution in [0.5, 0.6) is 0 Å². The number of nitrogens with two attached hydrogens (primary N) is 1. The summed E-state index contributed by atoms with van der Waals surface area (Å²) in [5.41, 5.74) is 10.5. The van der Waals surface area contributed by atoms with Crippen molar-refractivity contribution >= 4 is 22.8 Å². The zero-order valence-corrected chi connectivity index (χ0v) is 17.9. The number of nitriles is 1. The highest BCUT2D eigenvalue weighted by molar-refractivity contribution is 6.01. The lowest BCUT2D eigenvalue weighted by Crippen LogP contribution is -2.38. The van der Waals surface area contributed by atoms with Crippen LogP contribution < -0.4 is 15.5 Å². The molecule has 0 bridgehead atoms. The van der Waals surface area contributed by atoms with Crippen LogP contribution in [0.4, 0.5) is 17.1 Å². The maximum Gasteiger partial charge on any atom is 0.269 e. The van der Waals surface area contributed by atoms with Crippen molar-refractivity contribution in [3.63, 3.8) is 0 Å². The number of carbonyl (C=O) groups is 1. The summed E-state index contributed by atoms with van der Waals surface area (Å²) in [4.78, 5) is 27.4. The smallest absolute Gasteiger partial charge is 0.269 e. The number of non-ortho nitro benzene ring substituents is 1. The van der Waals surface area contributed by atoms with Crippen LogP contribution in [0.25, 0.3) is 0 Å². The summed E-state index contributed by atoms with van der Waals surface area (Å²) in [6.45, 7) is 0. The number of rotatable bonds is 4. The summed E-state index contributed by atoms with van der Waals surface area (Å²) >= 11 is 0. The van der Waals surface area contributed by atoms with Gasteiger partial charge >= 0.3 is 0 Å². The van der Waals surface area contributed by atoms with Gasteiger partial charge in [0.2, 0.25) is 0 Å². The van der Waals surface area contributed by atoms with E-state index in [1.165, 1.54) is 12.1 Å². The minimum Gasteiger partial charge on any atom is -0.384 e. The number of hydrogen-bond donors (Lipinski definition) is 1. The Balaban J connectivity index is 1.88. The summed E-state index contributed by atoms with van der Waals surface area (Å²) in [5, 5.41) is 21.1. The van der Waals surface area contributed by atoms with Crippen molar-refractivity contribution in [2.24, 2.45) is 5.73 Å². The van der Waals surface area contributed by atoms with Gasteiger partial charge < -0.3 is 10.6 Å². The molecule has 0 aromatic heterocycles. The number of ketones is 1. The Kier molecular flexibility index (Phi) is 5.41. The molecule has 0 radical (unpaired) electrons. The minimum atomic E-state index is -0.534. The molecule has 8 nitrogen and oxygen atoms in total. The minimum absolute atomic E-state index is 0.0000905. The van der Waals surface area contributed by atoms with Crippen LogP contribution in [0.1, 0.15) is 30.7 Å². The Morgan fingerprint density at radius 3 is 2.34 bits per heavy atom. The predicted octanol–water partition coefficient (Wildman–Crippen LogP) is 3.97. The highest BCUT2D eigenvalue weighted by Crippen LogP contribution is 2.46. The molecule has 0 unspecified atom stereocenters. The van der Waals surface area contributed by atoms with E-state index in [-0.39, 0.29) is 17.3 Å². The standard InChI is InChI=1S/C24H23N5O3/c1-27(2)16-8-6-15(7-9-16)22-19(14-25)24(26)28(20-4-3-5-21(30)23(20)22)17-10-12-18(13-11-17)29(31)32/h6-13,22H,3-5,26H2,1-2H3/t22-/m1/s1. The SMILES string of the molecule is CN(C)c1ccc([C@@H]2C(C#N)=C(N)N(c3ccc([N+](=O)[O-])cc3)C3=C2C(=O)CCC3)cc1. The van der Waals surface area contributed by atoms with Gasteiger partial charge in [-0.15, -0.1) is 0 Å². The Bertz CT molecular complexity index is 1190. The second-order valence-electron chi connectivity index (χ2n) is 8.08. The molecule has 1 atom stereocenters. The highest BCUT2D eigenvalue weighted by Gasteiger charge is 2.40. The summed E-state index contributed by atoms with van der Waals surface area (Å²) in [6.07, 6.45) is 1.73. The van der Waals surface area contributed by atoms with E-state index in [4.69, 9.17) is 5.73 Å². The molecular weight excluding hydrogens is 406 g/mol. The van der Waals surface area contributed by atoms with Crippen molar-refractivity contribution in [1.82, 2.24) is 0 Å². The summed E-state index contributed by atoms with van der Waals surface area (Å²) < 4.78 is 0. The van der Waals surface area contributed by atoms with Crippen LogP contribution in [-0.2, 0) is 4.79 Å². The second kappa shape index (κ2) is 8.19. The van der Waals surface area contributed by atoms with Crippen LogP contribution in [0, 0.1) is 21.4 Å². The number of anilines is 2. The van der Waals surface area contributed by atoms with E-state index in [0.29, 0.717) is 36.1 Å². The van der Waals surface area contributed by atoms with E-state index in [9.17, 15) is 20.2 Å². The number of carbonyl (C=O) groups excluding carboxylic acids is 1. The third kappa shape index (κ3) is 3.48. The van der Waals surface area contributed by atoms with E-state index in [2.05, 4.69) is 6.07 Å². The monoisotopic (exact) mass is 429 g/mol. The largest absolute Gasteiger partial charge is 0.384 e. The molecule has 2 aromatic rings. The molecule has 2 N–H and O–H groups in total. The molecule has 0 spiro atoms. The highest BCUT2D eigenvalue weighted by atomic mass is 16.6. The van der Waals surface area contributed by atoms with E-state index in [0.717, 1.165) is 16.9 Å². The van der Waals surface area contributed by atoms with Gasteiger partial charge in [0.1, 0.15) is 5.82 Å². The molecule has 32 heavy (non-hydrogen) atoms. The van der Waals surface area contributed by atoms with E-state index >= 15 is 0 Å². The molecule has 0 saturated carbocycles. The van der Waals surface area contributed by atoms with Gasteiger partial charge in [0.05, 0.1) is 22.5 Å². The van der Waals surface area contributed by atoms with Crippen molar-refractivity contribution in [3.8, 4) is 6.07 Å². The Morgan fingerprint density at radius 1 is 1.12 bits per heavy atom. The average molecular weight is 429 g/mol. The number of hydrogen-bond acceptors (Lipinski definition) is 7. The first-order valence-corrected chi connectivity index (χ1v) is 10.3. The van der Waals surface area contributed by atoms with Gasteiger partial charge in [-0.1, -0.05) is 12.1 Å². The Labute approximate surface area is 186 Å². The lowest BCUT2D eigenvalue weighted by Gasteiger charge is -2.39. The number of nitro groups is 1. The van der Waals surface area contributed by atoms with Gasteiger partial charge in [0.15, 0.2) is 5.78 Å². The molecular formula is C24H23N5O3. The molecule has 8 heteroatoms. The first kappa shape index (κ1) is 21.1. The normalized spacial score (nSPS) is 18.3. The number of benzene rings is 2. The van der Waals surface area contributed by atoms with Crippen LogP contribution in [0.15, 0.2) is 71.2 Å². The first-order chi connectivity index (χ1) is 15.3. The summed E-state index contributed by atoms with van der Waals surface area (Å²) in [5.74, 6) is -0.287. The van der Waals surface area contributed by atoms with Crippen LogP contribution in [-0.4, -0.2) is 24.8 Å². The number of nitro benzene ring substituents is 1. The van der Waals surface area contributed by atoms with E-state index < -0.39 is 10.8 Å². The van der Waals surface area contributed by atoms with E-state index in [1.807, 2.05) is 43.3 Å². The summed E-state index contributed by atoms with van der Waals surface area (Å²) in [6, 6.07) is 16.0. The molecule has 1 heterocycles. The Hall–Kier alpha value is -4.12. The number of nitrogens with zero attached hydrogens (tertiary/aromatic N) is 4. The Morgan fingerprint density at radius 2 is 1.78 bits per heavy atom. The first-order valence-electron chi connectivity index (χ1n) is 10.3. The van der Waals surface area contributed by atoms with E-state index in [1.54, 1.807) is 17.0 Å². The lowest BCUT2D eigenvalue weighted by molar-refractivity contribution is -0.384. The van der Waals surface area contributed by atoms with Gasteiger partial charge in [-0.25, -0.2) is 0 Å². The van der Waals surface area contributed by atoms with Crippen LogP contribution >= 0.6 is 0 Å². The van der Waals surface area contributed by atoms with Gasteiger partial charge in [0.25, 0.3) is 5.69 Å². The average Bonchev–Trinajstić information content (AvgIpc) is 2.78. The zero-order valence-electron chi connectivity index (χ0n) is 17.9. The molecule has 4 rings (SSSR count). The molecule has 0 fully saturated rings. The van der Waals surface area contributed by atoms with Crippen molar-refractivity contribution in [2.75, 3.05) is 23.9 Å². The van der Waals surface area contributed by atoms with Crippen molar-refractivity contribution in [2.45, 2.75) is 25.2 Å². The van der Waals surface area contributed by atoms with Crippen molar-refractivity contribution in [3.05, 3.63) is 86.9 Å². The van der Waals surface area contributed by atoms with Gasteiger partial charge in [0, 0.05) is 55.3 Å². The van der Waals surface area contributed by atoms with Gasteiger partial charge in [-0.2, -0.15) is 5.26 Å². The maximum atomic E-state index is 13.1. The van der Waals surface area contributed by atoms with Crippen molar-refractivity contribution in [1.29, 1.82) is 5.26 Å². The molecule has 162 valence electrons. The molecule has 1 aliphatic carbocycles. The number of Topliss-reactive ketones (excluding diaryl/α,β-unsaturated/α-hetero) is 1. The number of allylic oxidation sites excluding steroid dienone is 3. The fourth-order valence-corrected chi connectivity index (χ4v) is 4.40. The van der Waals surface area contributed by atoms with Crippen LogP contribution in [0.2, 0.25) is 0 Å². The molecule has 0 amide bonds. The predicted molar refractivity (Wildman–Crippen MR) is 122 cm³/mol. The maximum absolute atomic E-state index is 13.1. The second-order valence-corrected chi connectivity index (χ2v) is 8.08. The molecule has 1 aliphatic heterocycles. The molecule has 2 aromatic carbocycles. The third-order valence-corrected chi connectivity index (χ3v) is 5.97.